The number of aromatic nitrogens is 1. The van der Waals surface area contributed by atoms with E-state index in [-0.39, 0.29) is 0 Å². The lowest BCUT2D eigenvalue weighted by Gasteiger charge is -2.05. The molecule has 2 nitrogen and oxygen atoms in total. The number of rotatable bonds is 1. The van der Waals surface area contributed by atoms with E-state index in [1.165, 1.54) is 15.8 Å². The van der Waals surface area contributed by atoms with Crippen molar-refractivity contribution < 1.29 is 4.74 Å². The highest BCUT2D eigenvalue weighted by atomic mass is 32.2. The molecule has 3 heteroatoms. The maximum atomic E-state index is 5.22. The van der Waals surface area contributed by atoms with E-state index in [0.29, 0.717) is 5.25 Å². The van der Waals surface area contributed by atoms with Crippen LogP contribution in [0.4, 0.5) is 0 Å². The Morgan fingerprint density at radius 2 is 2.31 bits per heavy atom. The number of hydrogen-bond donors (Lipinski definition) is 0. The van der Waals surface area contributed by atoms with Gasteiger partial charge in [-0.25, -0.2) is 0 Å². The molecule has 1 aliphatic rings. The molecule has 0 saturated carbocycles. The van der Waals surface area contributed by atoms with Crippen molar-refractivity contribution in [3.63, 3.8) is 0 Å². The van der Waals surface area contributed by atoms with Crippen LogP contribution >= 0.6 is 11.8 Å². The largest absolute Gasteiger partial charge is 0.497 e. The van der Waals surface area contributed by atoms with Crippen LogP contribution in [-0.2, 0) is 6.42 Å². The lowest BCUT2D eigenvalue weighted by atomic mass is 10.1. The monoisotopic (exact) mass is 231 g/mol. The summed E-state index contributed by atoms with van der Waals surface area (Å²) in [6, 6.07) is 6.12. The molecule has 1 unspecified atom stereocenters. The summed E-state index contributed by atoms with van der Waals surface area (Å²) in [4.78, 5) is 5.91. The fourth-order valence-corrected chi connectivity index (χ4v) is 3.41. The molecule has 2 heterocycles. The van der Waals surface area contributed by atoms with Crippen LogP contribution in [0.25, 0.3) is 10.9 Å². The summed E-state index contributed by atoms with van der Waals surface area (Å²) in [5, 5.41) is 1.93. The van der Waals surface area contributed by atoms with E-state index in [1.807, 2.05) is 30.1 Å². The van der Waals surface area contributed by atoms with Gasteiger partial charge in [-0.2, -0.15) is 0 Å². The normalized spacial score (nSPS) is 18.8. The van der Waals surface area contributed by atoms with Gasteiger partial charge in [0.15, 0.2) is 0 Å². The Labute approximate surface area is 99.0 Å². The van der Waals surface area contributed by atoms with Gasteiger partial charge in [0.25, 0.3) is 0 Å². The first-order chi connectivity index (χ1) is 7.78. The first-order valence-electron chi connectivity index (χ1n) is 5.40. The highest BCUT2D eigenvalue weighted by Crippen LogP contribution is 2.41. The number of methoxy groups -OCH3 is 1. The Morgan fingerprint density at radius 1 is 1.44 bits per heavy atom. The summed E-state index contributed by atoms with van der Waals surface area (Å²) < 4.78 is 5.22. The van der Waals surface area contributed by atoms with Crippen molar-refractivity contribution in [2.45, 2.75) is 23.5 Å². The van der Waals surface area contributed by atoms with Crippen molar-refractivity contribution in [3.05, 3.63) is 30.0 Å². The van der Waals surface area contributed by atoms with E-state index < -0.39 is 0 Å². The maximum absolute atomic E-state index is 5.22. The summed E-state index contributed by atoms with van der Waals surface area (Å²) >= 11 is 1.95. The molecule has 0 radical (unpaired) electrons. The second kappa shape index (κ2) is 3.67. The fraction of sp³-hybridized carbons (Fsp3) is 0.308. The van der Waals surface area contributed by atoms with Crippen molar-refractivity contribution in [2.75, 3.05) is 7.11 Å². The Balaban J connectivity index is 2.23. The molecule has 3 rings (SSSR count). The number of nitrogens with zero attached hydrogens (tertiary/aromatic N) is 1. The molecule has 82 valence electrons. The summed E-state index contributed by atoms with van der Waals surface area (Å²) in [6.45, 7) is 2.26. The molecule has 0 N–H and O–H groups in total. The van der Waals surface area contributed by atoms with Crippen LogP contribution in [0.3, 0.4) is 0 Å². The second-order valence-corrected chi connectivity index (χ2v) is 5.58. The summed E-state index contributed by atoms with van der Waals surface area (Å²) in [5.41, 5.74) is 2.41. The standard InChI is InChI=1S/C13H13NOS/c1-8-5-9-7-14-12-6-10(15-2)3-4-11(12)13(9)16-8/h3-4,6-8H,5H2,1-2H3. The molecule has 0 bridgehead atoms. The van der Waals surface area contributed by atoms with Crippen LogP contribution in [0.15, 0.2) is 29.3 Å². The molecule has 0 aliphatic carbocycles. The predicted molar refractivity (Wildman–Crippen MR) is 67.3 cm³/mol. The fourth-order valence-electron chi connectivity index (χ4n) is 2.15. The van der Waals surface area contributed by atoms with Gasteiger partial charge in [-0.05, 0) is 24.1 Å². The van der Waals surface area contributed by atoms with Crippen LogP contribution in [0.1, 0.15) is 12.5 Å². The Morgan fingerprint density at radius 3 is 3.12 bits per heavy atom. The molecule has 2 aromatic rings. The summed E-state index contributed by atoms with van der Waals surface area (Å²) in [7, 11) is 1.69. The van der Waals surface area contributed by atoms with Crippen molar-refractivity contribution in [1.29, 1.82) is 0 Å². The molecule has 0 spiro atoms. The minimum atomic E-state index is 0.671. The van der Waals surface area contributed by atoms with E-state index in [0.717, 1.165) is 17.7 Å². The van der Waals surface area contributed by atoms with Crippen LogP contribution in [0.5, 0.6) is 5.75 Å². The SMILES string of the molecule is COc1ccc2c3c(cnc2c1)CC(C)S3. The number of thioether (sulfide) groups is 1. The van der Waals surface area contributed by atoms with Gasteiger partial charge in [0.05, 0.1) is 12.6 Å². The van der Waals surface area contributed by atoms with E-state index >= 15 is 0 Å². The molecular formula is C13H13NOS. The van der Waals surface area contributed by atoms with Gasteiger partial charge in [0.1, 0.15) is 5.75 Å². The second-order valence-electron chi connectivity index (χ2n) is 4.13. The third-order valence-electron chi connectivity index (χ3n) is 2.93. The van der Waals surface area contributed by atoms with E-state index in [4.69, 9.17) is 4.74 Å². The van der Waals surface area contributed by atoms with E-state index in [2.05, 4.69) is 18.0 Å². The van der Waals surface area contributed by atoms with Crippen LogP contribution in [0, 0.1) is 0 Å². The smallest absolute Gasteiger partial charge is 0.121 e. The van der Waals surface area contributed by atoms with E-state index in [1.54, 1.807) is 7.11 Å². The predicted octanol–water partition coefficient (Wildman–Crippen LogP) is 3.28. The zero-order valence-electron chi connectivity index (χ0n) is 9.36. The van der Waals surface area contributed by atoms with Gasteiger partial charge in [-0.3, -0.25) is 4.98 Å². The quantitative estimate of drug-likeness (QED) is 0.752. The highest BCUT2D eigenvalue weighted by molar-refractivity contribution is 8.00. The Hall–Kier alpha value is -1.22. The lowest BCUT2D eigenvalue weighted by Crippen LogP contribution is -1.91. The number of pyridine rings is 1. The van der Waals surface area contributed by atoms with Gasteiger partial charge in [-0.1, -0.05) is 6.92 Å². The zero-order chi connectivity index (χ0) is 11.1. The molecule has 1 aromatic heterocycles. The number of ether oxygens (including phenoxy) is 1. The molecule has 0 saturated heterocycles. The maximum Gasteiger partial charge on any atom is 0.121 e. The molecule has 1 aliphatic heterocycles. The molecule has 0 amide bonds. The molecular weight excluding hydrogens is 218 g/mol. The van der Waals surface area contributed by atoms with Gasteiger partial charge in [0.2, 0.25) is 0 Å². The summed E-state index contributed by atoms with van der Waals surface area (Å²) in [5.74, 6) is 0.871. The number of hydrogen-bond acceptors (Lipinski definition) is 3. The zero-order valence-corrected chi connectivity index (χ0v) is 10.2. The van der Waals surface area contributed by atoms with Gasteiger partial charge in [0, 0.05) is 27.8 Å². The van der Waals surface area contributed by atoms with Gasteiger partial charge < -0.3 is 4.74 Å². The van der Waals surface area contributed by atoms with Crippen LogP contribution in [-0.4, -0.2) is 17.3 Å². The van der Waals surface area contributed by atoms with Crippen molar-refractivity contribution in [3.8, 4) is 5.75 Å². The first kappa shape index (κ1) is 9.97. The average molecular weight is 231 g/mol. The Kier molecular flexibility index (Phi) is 2.28. The van der Waals surface area contributed by atoms with Crippen LogP contribution in [0.2, 0.25) is 0 Å². The topological polar surface area (TPSA) is 22.1 Å². The number of benzene rings is 1. The molecule has 1 atom stereocenters. The molecule has 1 aromatic carbocycles. The Bertz CT molecular complexity index is 553. The highest BCUT2D eigenvalue weighted by Gasteiger charge is 2.21. The minimum Gasteiger partial charge on any atom is -0.497 e. The van der Waals surface area contributed by atoms with Gasteiger partial charge >= 0.3 is 0 Å². The molecule has 16 heavy (non-hydrogen) atoms. The van der Waals surface area contributed by atoms with Crippen LogP contribution < -0.4 is 4.74 Å². The third kappa shape index (κ3) is 1.47. The minimum absolute atomic E-state index is 0.671. The first-order valence-corrected chi connectivity index (χ1v) is 6.28. The van der Waals surface area contributed by atoms with E-state index in [9.17, 15) is 0 Å². The molecule has 0 fully saturated rings. The van der Waals surface area contributed by atoms with Crippen molar-refractivity contribution >= 4 is 22.7 Å². The average Bonchev–Trinajstić information content (AvgIpc) is 2.69. The van der Waals surface area contributed by atoms with Crippen molar-refractivity contribution in [2.24, 2.45) is 0 Å². The number of fused-ring (bicyclic) bond motifs is 3. The third-order valence-corrected chi connectivity index (χ3v) is 4.21. The van der Waals surface area contributed by atoms with Gasteiger partial charge in [-0.15, -0.1) is 11.8 Å². The summed E-state index contributed by atoms with van der Waals surface area (Å²) in [6.07, 6.45) is 3.14. The van der Waals surface area contributed by atoms with Crippen molar-refractivity contribution in [1.82, 2.24) is 4.98 Å². The lowest BCUT2D eigenvalue weighted by molar-refractivity contribution is 0.415.